The summed E-state index contributed by atoms with van der Waals surface area (Å²) in [5.41, 5.74) is 0.563. The van der Waals surface area contributed by atoms with E-state index in [9.17, 15) is 9.90 Å². The number of aryl methyl sites for hydroxylation is 1. The van der Waals surface area contributed by atoms with Crippen LogP contribution in [0.5, 0.6) is 0 Å². The molecular formula is C12H9Cl2N3O2S. The first kappa shape index (κ1) is 14.9. The van der Waals surface area contributed by atoms with Crippen LogP contribution in [0.4, 0.5) is 0 Å². The molecule has 104 valence electrons. The van der Waals surface area contributed by atoms with Crippen LogP contribution in [-0.2, 0) is 4.79 Å². The van der Waals surface area contributed by atoms with Gasteiger partial charge in [0.05, 0.1) is 0 Å². The van der Waals surface area contributed by atoms with Crippen molar-refractivity contribution in [2.75, 3.05) is 0 Å². The number of rotatable bonds is 4. The molecule has 0 aliphatic heterocycles. The highest BCUT2D eigenvalue weighted by atomic mass is 35.5. The molecule has 0 saturated heterocycles. The highest BCUT2D eigenvalue weighted by Crippen LogP contribution is 2.29. The number of aromatic amines is 1. The summed E-state index contributed by atoms with van der Waals surface area (Å²) >= 11 is 12.8. The molecule has 0 radical (unpaired) electrons. The van der Waals surface area contributed by atoms with Crippen molar-refractivity contribution in [2.45, 2.75) is 12.1 Å². The third kappa shape index (κ3) is 3.75. The van der Waals surface area contributed by atoms with E-state index in [4.69, 9.17) is 23.2 Å². The highest BCUT2D eigenvalue weighted by molar-refractivity contribution is 8.04. The minimum atomic E-state index is -1.08. The van der Waals surface area contributed by atoms with Crippen molar-refractivity contribution in [1.82, 2.24) is 15.2 Å². The van der Waals surface area contributed by atoms with Gasteiger partial charge >= 0.3 is 5.97 Å². The van der Waals surface area contributed by atoms with Gasteiger partial charge in [-0.25, -0.2) is 9.78 Å². The van der Waals surface area contributed by atoms with Crippen molar-refractivity contribution in [3.63, 3.8) is 0 Å². The van der Waals surface area contributed by atoms with Crippen LogP contribution in [0.3, 0.4) is 0 Å². The van der Waals surface area contributed by atoms with Gasteiger partial charge in [-0.2, -0.15) is 0 Å². The summed E-state index contributed by atoms with van der Waals surface area (Å²) in [7, 11) is 0. The molecule has 0 atom stereocenters. The van der Waals surface area contributed by atoms with Crippen LogP contribution in [-0.4, -0.2) is 26.3 Å². The molecule has 2 aromatic rings. The number of nitrogens with zero attached hydrogens (tertiary/aromatic N) is 2. The molecule has 2 rings (SSSR count). The number of H-pyrrole nitrogens is 1. The molecule has 0 saturated carbocycles. The van der Waals surface area contributed by atoms with Crippen molar-refractivity contribution >= 4 is 47.0 Å². The Kier molecular flexibility index (Phi) is 4.69. The molecule has 0 fully saturated rings. The van der Waals surface area contributed by atoms with Gasteiger partial charge < -0.3 is 5.11 Å². The van der Waals surface area contributed by atoms with Crippen LogP contribution in [0.1, 0.15) is 11.4 Å². The molecular weight excluding hydrogens is 321 g/mol. The van der Waals surface area contributed by atoms with E-state index in [1.807, 2.05) is 0 Å². The van der Waals surface area contributed by atoms with Gasteiger partial charge in [0.1, 0.15) is 10.7 Å². The van der Waals surface area contributed by atoms with E-state index < -0.39 is 5.97 Å². The molecule has 5 nitrogen and oxygen atoms in total. The fourth-order valence-corrected chi connectivity index (χ4v) is 2.57. The maximum Gasteiger partial charge on any atom is 0.342 e. The van der Waals surface area contributed by atoms with Crippen LogP contribution in [0, 0.1) is 6.92 Å². The van der Waals surface area contributed by atoms with E-state index in [1.54, 1.807) is 25.1 Å². The van der Waals surface area contributed by atoms with Crippen LogP contribution < -0.4 is 0 Å². The lowest BCUT2D eigenvalue weighted by Gasteiger charge is -2.02. The molecule has 0 aliphatic rings. The molecule has 0 unspecified atom stereocenters. The third-order valence-corrected chi connectivity index (χ3v) is 3.68. The lowest BCUT2D eigenvalue weighted by atomic mass is 10.2. The van der Waals surface area contributed by atoms with E-state index >= 15 is 0 Å². The summed E-state index contributed by atoms with van der Waals surface area (Å²) in [6, 6.07) is 4.84. The Morgan fingerprint density at radius 1 is 1.45 bits per heavy atom. The zero-order chi connectivity index (χ0) is 14.7. The summed E-state index contributed by atoms with van der Waals surface area (Å²) < 4.78 is 0. The van der Waals surface area contributed by atoms with Gasteiger partial charge in [-0.1, -0.05) is 29.3 Å². The molecule has 2 N–H and O–H groups in total. The van der Waals surface area contributed by atoms with Crippen molar-refractivity contribution in [3.8, 4) is 0 Å². The summed E-state index contributed by atoms with van der Waals surface area (Å²) in [5.74, 6) is -0.467. The van der Waals surface area contributed by atoms with Crippen LogP contribution in [0.25, 0.3) is 6.08 Å². The SMILES string of the molecule is Cc1nc(S/C(=C/c2ccc(Cl)cc2Cl)C(=O)O)n[nH]1. The number of aromatic nitrogens is 3. The van der Waals surface area contributed by atoms with Gasteiger partial charge in [0, 0.05) is 10.0 Å². The molecule has 0 aliphatic carbocycles. The number of carboxylic acids is 1. The number of thioether (sulfide) groups is 1. The number of benzene rings is 1. The summed E-state index contributed by atoms with van der Waals surface area (Å²) in [5, 5.41) is 17.0. The monoisotopic (exact) mass is 329 g/mol. The van der Waals surface area contributed by atoms with Gasteiger partial charge in [-0.05, 0) is 42.5 Å². The Hall–Kier alpha value is -1.50. The predicted octanol–water partition coefficient (Wildman–Crippen LogP) is 3.64. The van der Waals surface area contributed by atoms with Crippen LogP contribution in [0.15, 0.2) is 28.3 Å². The molecule has 1 heterocycles. The normalized spacial score (nSPS) is 11.7. The average Bonchev–Trinajstić information content (AvgIpc) is 2.77. The molecule has 0 amide bonds. The van der Waals surface area contributed by atoms with E-state index in [-0.39, 0.29) is 4.91 Å². The fraction of sp³-hybridized carbons (Fsp3) is 0.0833. The van der Waals surface area contributed by atoms with E-state index in [1.165, 1.54) is 6.08 Å². The Morgan fingerprint density at radius 2 is 2.20 bits per heavy atom. The van der Waals surface area contributed by atoms with Gasteiger partial charge in [-0.3, -0.25) is 5.10 Å². The molecule has 0 spiro atoms. The lowest BCUT2D eigenvalue weighted by molar-refractivity contribution is -0.131. The highest BCUT2D eigenvalue weighted by Gasteiger charge is 2.13. The average molecular weight is 330 g/mol. The third-order valence-electron chi connectivity index (χ3n) is 2.24. The Bertz CT molecular complexity index is 685. The standard InChI is InChI=1S/C12H9Cl2N3O2S/c1-6-15-12(17-16-6)20-10(11(18)19)4-7-2-3-8(13)5-9(7)14/h2-5H,1H3,(H,18,19)(H,15,16,17)/b10-4+. The van der Waals surface area contributed by atoms with E-state index in [0.29, 0.717) is 26.6 Å². The second-order valence-corrected chi connectivity index (χ2v) is 5.64. The first-order chi connectivity index (χ1) is 9.45. The number of carboxylic acid groups (broad SMARTS) is 1. The number of hydrogen-bond acceptors (Lipinski definition) is 4. The quantitative estimate of drug-likeness (QED) is 0.661. The minimum absolute atomic E-state index is 0.0632. The summed E-state index contributed by atoms with van der Waals surface area (Å²) in [4.78, 5) is 15.4. The Balaban J connectivity index is 2.32. The summed E-state index contributed by atoms with van der Waals surface area (Å²) in [6.07, 6.45) is 1.46. The smallest absolute Gasteiger partial charge is 0.342 e. The fourth-order valence-electron chi connectivity index (χ4n) is 1.36. The molecule has 20 heavy (non-hydrogen) atoms. The Labute approximate surface area is 129 Å². The topological polar surface area (TPSA) is 78.9 Å². The number of carbonyl (C=O) groups is 1. The first-order valence-corrected chi connectivity index (χ1v) is 7.00. The van der Waals surface area contributed by atoms with E-state index in [2.05, 4.69) is 15.2 Å². The Morgan fingerprint density at radius 3 is 2.75 bits per heavy atom. The molecule has 1 aromatic heterocycles. The predicted molar refractivity (Wildman–Crippen MR) is 79.1 cm³/mol. The van der Waals surface area contributed by atoms with Crippen molar-refractivity contribution in [2.24, 2.45) is 0 Å². The summed E-state index contributed by atoms with van der Waals surface area (Å²) in [6.45, 7) is 1.73. The number of aliphatic carboxylic acids is 1. The zero-order valence-corrected chi connectivity index (χ0v) is 12.6. The van der Waals surface area contributed by atoms with Gasteiger partial charge in [0.15, 0.2) is 0 Å². The minimum Gasteiger partial charge on any atom is -0.477 e. The molecule has 1 aromatic carbocycles. The first-order valence-electron chi connectivity index (χ1n) is 5.42. The van der Waals surface area contributed by atoms with Gasteiger partial charge in [-0.15, -0.1) is 5.10 Å². The largest absolute Gasteiger partial charge is 0.477 e. The second kappa shape index (κ2) is 6.30. The van der Waals surface area contributed by atoms with Crippen LogP contribution in [0.2, 0.25) is 10.0 Å². The molecule has 0 bridgehead atoms. The maximum absolute atomic E-state index is 11.3. The van der Waals surface area contributed by atoms with Crippen molar-refractivity contribution in [1.29, 1.82) is 0 Å². The van der Waals surface area contributed by atoms with Gasteiger partial charge in [0.25, 0.3) is 0 Å². The second-order valence-electron chi connectivity index (χ2n) is 3.79. The van der Waals surface area contributed by atoms with Crippen molar-refractivity contribution in [3.05, 3.63) is 44.5 Å². The van der Waals surface area contributed by atoms with Crippen LogP contribution >= 0.6 is 35.0 Å². The van der Waals surface area contributed by atoms with E-state index in [0.717, 1.165) is 11.8 Å². The number of hydrogen-bond donors (Lipinski definition) is 2. The number of nitrogens with one attached hydrogen (secondary N) is 1. The lowest BCUT2D eigenvalue weighted by Crippen LogP contribution is -1.97. The zero-order valence-electron chi connectivity index (χ0n) is 10.2. The molecule has 8 heteroatoms. The maximum atomic E-state index is 11.3. The van der Waals surface area contributed by atoms with Gasteiger partial charge in [0.2, 0.25) is 5.16 Å². The number of halogens is 2. The van der Waals surface area contributed by atoms with Crippen molar-refractivity contribution < 1.29 is 9.90 Å².